The molecule has 8 heteroatoms. The molecule has 1 N–H and O–H groups in total. The molecule has 0 radical (unpaired) electrons. The van der Waals surface area contributed by atoms with Crippen molar-refractivity contribution in [2.45, 2.75) is 13.3 Å². The van der Waals surface area contributed by atoms with E-state index < -0.39 is 0 Å². The molecule has 0 aliphatic rings. The summed E-state index contributed by atoms with van der Waals surface area (Å²) in [6, 6.07) is 14.6. The van der Waals surface area contributed by atoms with Gasteiger partial charge in [-0.15, -0.1) is 10.2 Å². The number of nitrogens with one attached hydrogen (secondary N) is 1. The van der Waals surface area contributed by atoms with E-state index in [0.29, 0.717) is 17.0 Å². The quantitative estimate of drug-likeness (QED) is 0.572. The minimum Gasteiger partial charge on any atom is -0.497 e. The molecule has 4 aromatic rings. The summed E-state index contributed by atoms with van der Waals surface area (Å²) in [7, 11) is 1.57. The highest BCUT2D eigenvalue weighted by Crippen LogP contribution is 2.27. The van der Waals surface area contributed by atoms with E-state index in [4.69, 9.17) is 4.74 Å². The van der Waals surface area contributed by atoms with Gasteiger partial charge in [0.25, 0.3) is 5.91 Å². The first-order chi connectivity index (χ1) is 13.2. The second-order valence-corrected chi connectivity index (χ2v) is 6.79. The number of methoxy groups -OCH3 is 1. The number of aromatic nitrogens is 4. The number of aryl methyl sites for hydroxylation is 1. The Morgan fingerprint density at radius 2 is 2.04 bits per heavy atom. The number of rotatable bonds is 5. The maximum Gasteiger partial charge on any atom is 0.255 e. The Balaban J connectivity index is 1.59. The Labute approximate surface area is 159 Å². The van der Waals surface area contributed by atoms with Crippen LogP contribution in [-0.4, -0.2) is 32.8 Å². The van der Waals surface area contributed by atoms with Gasteiger partial charge in [0.2, 0.25) is 4.96 Å². The van der Waals surface area contributed by atoms with E-state index in [9.17, 15) is 4.79 Å². The topological polar surface area (TPSA) is 81.4 Å². The van der Waals surface area contributed by atoms with Gasteiger partial charge in [0.05, 0.1) is 7.11 Å². The second kappa shape index (κ2) is 7.16. The second-order valence-electron chi connectivity index (χ2n) is 5.84. The molecule has 0 saturated carbocycles. The summed E-state index contributed by atoms with van der Waals surface area (Å²) in [5, 5.41) is 16.6. The summed E-state index contributed by atoms with van der Waals surface area (Å²) >= 11 is 1.46. The number of carbonyl (C=O) groups excluding carboxylic acids is 1. The lowest BCUT2D eigenvalue weighted by Gasteiger charge is -2.07. The van der Waals surface area contributed by atoms with Crippen molar-refractivity contribution < 1.29 is 9.53 Å². The normalized spacial score (nSPS) is 10.9. The number of fused-ring (bicyclic) bond motifs is 1. The molecule has 0 unspecified atom stereocenters. The third-order valence-electron chi connectivity index (χ3n) is 4.07. The summed E-state index contributed by atoms with van der Waals surface area (Å²) in [5.74, 6) is 1.27. The zero-order chi connectivity index (χ0) is 18.8. The number of amides is 1. The van der Waals surface area contributed by atoms with E-state index >= 15 is 0 Å². The van der Waals surface area contributed by atoms with Crippen molar-refractivity contribution in [1.82, 2.24) is 19.8 Å². The van der Waals surface area contributed by atoms with Gasteiger partial charge in [-0.05, 0) is 30.3 Å². The molecule has 0 bridgehead atoms. The number of anilines is 1. The van der Waals surface area contributed by atoms with E-state index in [2.05, 4.69) is 20.6 Å². The number of carbonyl (C=O) groups is 1. The number of benzene rings is 2. The molecule has 2 aromatic carbocycles. The molecule has 2 aromatic heterocycles. The standard InChI is InChI=1S/C19H17N5O2S/c1-3-16-21-22-19-24(16)23-18(27-19)13-7-4-8-14(10-13)20-17(25)12-6-5-9-15(11-12)26-2/h4-11H,3H2,1-2H3,(H,20,25). The zero-order valence-electron chi connectivity index (χ0n) is 14.8. The maximum absolute atomic E-state index is 12.5. The van der Waals surface area contributed by atoms with Crippen LogP contribution in [0.5, 0.6) is 5.75 Å². The van der Waals surface area contributed by atoms with Crippen molar-refractivity contribution in [2.24, 2.45) is 0 Å². The molecule has 0 aliphatic heterocycles. The highest BCUT2D eigenvalue weighted by atomic mass is 32.1. The first-order valence-corrected chi connectivity index (χ1v) is 9.26. The molecule has 2 heterocycles. The van der Waals surface area contributed by atoms with Gasteiger partial charge in [0, 0.05) is 23.2 Å². The Hall–Kier alpha value is -3.26. The Kier molecular flexibility index (Phi) is 4.55. The van der Waals surface area contributed by atoms with Crippen LogP contribution < -0.4 is 10.1 Å². The van der Waals surface area contributed by atoms with E-state index in [0.717, 1.165) is 27.8 Å². The number of hydrogen-bond donors (Lipinski definition) is 1. The molecular weight excluding hydrogens is 362 g/mol. The van der Waals surface area contributed by atoms with Gasteiger partial charge in [0.15, 0.2) is 5.82 Å². The molecule has 0 atom stereocenters. The molecule has 136 valence electrons. The van der Waals surface area contributed by atoms with Crippen LogP contribution in [0.25, 0.3) is 15.5 Å². The van der Waals surface area contributed by atoms with Crippen LogP contribution in [0.3, 0.4) is 0 Å². The molecule has 1 amide bonds. The molecule has 7 nitrogen and oxygen atoms in total. The smallest absolute Gasteiger partial charge is 0.255 e. The van der Waals surface area contributed by atoms with Crippen molar-refractivity contribution in [3.8, 4) is 16.3 Å². The average Bonchev–Trinajstić information content (AvgIpc) is 3.29. The zero-order valence-corrected chi connectivity index (χ0v) is 15.7. The van der Waals surface area contributed by atoms with Crippen LogP contribution in [0.1, 0.15) is 23.1 Å². The van der Waals surface area contributed by atoms with Gasteiger partial charge in [0.1, 0.15) is 10.8 Å². The first kappa shape index (κ1) is 17.2. The largest absolute Gasteiger partial charge is 0.497 e. The van der Waals surface area contributed by atoms with Crippen LogP contribution in [-0.2, 0) is 6.42 Å². The van der Waals surface area contributed by atoms with Gasteiger partial charge in [-0.25, -0.2) is 0 Å². The molecular formula is C19H17N5O2S. The molecule has 0 fully saturated rings. The summed E-state index contributed by atoms with van der Waals surface area (Å²) in [6.07, 6.45) is 0.765. The third-order valence-corrected chi connectivity index (χ3v) is 5.02. The van der Waals surface area contributed by atoms with E-state index in [1.54, 1.807) is 35.9 Å². The SMILES string of the molecule is CCc1nnc2sc(-c3cccc(NC(=O)c4cccc(OC)c4)c3)nn12. The molecule has 27 heavy (non-hydrogen) atoms. The van der Waals surface area contributed by atoms with Gasteiger partial charge in [-0.1, -0.05) is 36.5 Å². The monoisotopic (exact) mass is 379 g/mol. The minimum atomic E-state index is -0.197. The van der Waals surface area contributed by atoms with Crippen LogP contribution in [0.15, 0.2) is 48.5 Å². The van der Waals surface area contributed by atoms with Crippen LogP contribution in [0.2, 0.25) is 0 Å². The highest BCUT2D eigenvalue weighted by molar-refractivity contribution is 7.19. The summed E-state index contributed by atoms with van der Waals surface area (Å²) in [6.45, 7) is 2.02. The van der Waals surface area contributed by atoms with Crippen molar-refractivity contribution >= 4 is 27.9 Å². The van der Waals surface area contributed by atoms with E-state index in [-0.39, 0.29) is 5.91 Å². The fourth-order valence-corrected chi connectivity index (χ4v) is 3.55. The van der Waals surface area contributed by atoms with Crippen LogP contribution in [0.4, 0.5) is 5.69 Å². The molecule has 0 saturated heterocycles. The van der Waals surface area contributed by atoms with Gasteiger partial charge in [-0.3, -0.25) is 4.79 Å². The van der Waals surface area contributed by atoms with E-state index in [1.807, 2.05) is 31.2 Å². The van der Waals surface area contributed by atoms with Crippen molar-refractivity contribution in [3.05, 3.63) is 59.9 Å². The van der Waals surface area contributed by atoms with Crippen molar-refractivity contribution in [1.29, 1.82) is 0 Å². The summed E-state index contributed by atoms with van der Waals surface area (Å²) in [4.78, 5) is 13.3. The van der Waals surface area contributed by atoms with Gasteiger partial charge >= 0.3 is 0 Å². The Morgan fingerprint density at radius 1 is 1.19 bits per heavy atom. The maximum atomic E-state index is 12.5. The number of nitrogens with zero attached hydrogens (tertiary/aromatic N) is 4. The lowest BCUT2D eigenvalue weighted by Crippen LogP contribution is -2.11. The fourth-order valence-electron chi connectivity index (χ4n) is 2.69. The predicted octanol–water partition coefficient (Wildman–Crippen LogP) is 3.68. The Bertz CT molecular complexity index is 1120. The van der Waals surface area contributed by atoms with Crippen LogP contribution in [0, 0.1) is 0 Å². The lowest BCUT2D eigenvalue weighted by molar-refractivity contribution is 0.102. The molecule has 0 spiro atoms. The average molecular weight is 379 g/mol. The highest BCUT2D eigenvalue weighted by Gasteiger charge is 2.13. The fraction of sp³-hybridized carbons (Fsp3) is 0.158. The van der Waals surface area contributed by atoms with Crippen molar-refractivity contribution in [2.75, 3.05) is 12.4 Å². The third kappa shape index (κ3) is 3.39. The van der Waals surface area contributed by atoms with Gasteiger partial charge in [-0.2, -0.15) is 9.61 Å². The summed E-state index contributed by atoms with van der Waals surface area (Å²) in [5.41, 5.74) is 2.14. The molecule has 4 rings (SSSR count). The molecule has 0 aliphatic carbocycles. The van der Waals surface area contributed by atoms with Gasteiger partial charge < -0.3 is 10.1 Å². The number of ether oxygens (including phenoxy) is 1. The lowest BCUT2D eigenvalue weighted by atomic mass is 10.1. The van der Waals surface area contributed by atoms with E-state index in [1.165, 1.54) is 11.3 Å². The minimum absolute atomic E-state index is 0.197. The predicted molar refractivity (Wildman–Crippen MR) is 104 cm³/mol. The van der Waals surface area contributed by atoms with Crippen molar-refractivity contribution in [3.63, 3.8) is 0 Å². The van der Waals surface area contributed by atoms with Crippen LogP contribution >= 0.6 is 11.3 Å². The number of hydrogen-bond acceptors (Lipinski definition) is 6. The first-order valence-electron chi connectivity index (χ1n) is 8.45. The summed E-state index contributed by atoms with van der Waals surface area (Å²) < 4.78 is 6.94. The Morgan fingerprint density at radius 3 is 2.85 bits per heavy atom.